The quantitative estimate of drug-likeness (QED) is 0.664. The molecule has 1 aliphatic rings. The van der Waals surface area contributed by atoms with Crippen molar-refractivity contribution in [2.24, 2.45) is 0 Å². The highest BCUT2D eigenvalue weighted by atomic mass is 32.2. The van der Waals surface area contributed by atoms with Crippen LogP contribution in [0, 0.1) is 6.92 Å². The molecule has 1 fully saturated rings. The van der Waals surface area contributed by atoms with Gasteiger partial charge in [0.25, 0.3) is 0 Å². The van der Waals surface area contributed by atoms with Gasteiger partial charge in [0.15, 0.2) is 0 Å². The van der Waals surface area contributed by atoms with Crippen LogP contribution in [0.3, 0.4) is 0 Å². The van der Waals surface area contributed by atoms with E-state index in [0.717, 1.165) is 22.4 Å². The van der Waals surface area contributed by atoms with Crippen LogP contribution in [0.2, 0.25) is 0 Å². The third-order valence-electron chi connectivity index (χ3n) is 5.13. The zero-order valence-corrected chi connectivity index (χ0v) is 18.8. The van der Waals surface area contributed by atoms with Crippen LogP contribution < -0.4 is 10.1 Å². The summed E-state index contributed by atoms with van der Waals surface area (Å²) in [5, 5.41) is 2.93. The van der Waals surface area contributed by atoms with Gasteiger partial charge in [-0.25, -0.2) is 8.42 Å². The van der Waals surface area contributed by atoms with E-state index in [1.807, 2.05) is 32.0 Å². The van der Waals surface area contributed by atoms with Crippen molar-refractivity contribution in [2.75, 3.05) is 33.4 Å². The molecule has 31 heavy (non-hydrogen) atoms. The van der Waals surface area contributed by atoms with Crippen molar-refractivity contribution in [1.82, 2.24) is 9.62 Å². The van der Waals surface area contributed by atoms with Crippen molar-refractivity contribution < 1.29 is 22.7 Å². The molecule has 2 aromatic rings. The van der Waals surface area contributed by atoms with Gasteiger partial charge in [0.2, 0.25) is 15.9 Å². The second-order valence-corrected chi connectivity index (χ2v) is 9.33. The molecule has 1 heterocycles. The standard InChI is InChI=1S/C23H28N2O5S/c1-17-4-10-22(29-3)21(16-17)18(2)24-23(26)11-7-19-5-8-20(9-6-19)31(27,28)25-12-14-30-15-13-25/h4-11,16,18H,12-15H2,1-3H3,(H,24,26)/b11-7+. The summed E-state index contributed by atoms with van der Waals surface area (Å²) in [5.41, 5.74) is 2.72. The van der Waals surface area contributed by atoms with Crippen molar-refractivity contribution in [1.29, 1.82) is 0 Å². The fourth-order valence-electron chi connectivity index (χ4n) is 3.39. The van der Waals surface area contributed by atoms with Crippen molar-refractivity contribution in [3.05, 3.63) is 65.2 Å². The lowest BCUT2D eigenvalue weighted by Gasteiger charge is -2.26. The topological polar surface area (TPSA) is 84.9 Å². The normalized spacial score (nSPS) is 16.2. The van der Waals surface area contributed by atoms with Crippen LogP contribution >= 0.6 is 0 Å². The molecule has 0 radical (unpaired) electrons. The van der Waals surface area contributed by atoms with Gasteiger partial charge >= 0.3 is 0 Å². The summed E-state index contributed by atoms with van der Waals surface area (Å²) in [5.74, 6) is 0.473. The molecule has 1 amide bonds. The smallest absolute Gasteiger partial charge is 0.244 e. The zero-order valence-electron chi connectivity index (χ0n) is 18.0. The van der Waals surface area contributed by atoms with Crippen LogP contribution in [0.5, 0.6) is 5.75 Å². The second-order valence-electron chi connectivity index (χ2n) is 7.39. The lowest BCUT2D eigenvalue weighted by Crippen LogP contribution is -2.40. The minimum Gasteiger partial charge on any atom is -0.496 e. The van der Waals surface area contributed by atoms with Gasteiger partial charge in [-0.2, -0.15) is 4.31 Å². The fraction of sp³-hybridized carbons (Fsp3) is 0.348. The molecular formula is C23H28N2O5S. The Morgan fingerprint density at radius 3 is 2.48 bits per heavy atom. The number of carbonyl (C=O) groups excluding carboxylic acids is 1. The summed E-state index contributed by atoms with van der Waals surface area (Å²) in [4.78, 5) is 12.6. The van der Waals surface area contributed by atoms with E-state index >= 15 is 0 Å². The van der Waals surface area contributed by atoms with Crippen molar-refractivity contribution in [2.45, 2.75) is 24.8 Å². The number of nitrogens with zero attached hydrogens (tertiary/aromatic N) is 1. The van der Waals surface area contributed by atoms with Crippen LogP contribution in [0.4, 0.5) is 0 Å². The highest BCUT2D eigenvalue weighted by Gasteiger charge is 2.26. The van der Waals surface area contributed by atoms with Gasteiger partial charge in [0.05, 0.1) is 31.3 Å². The van der Waals surface area contributed by atoms with Gasteiger partial charge in [-0.3, -0.25) is 4.79 Å². The van der Waals surface area contributed by atoms with Gasteiger partial charge in [-0.15, -0.1) is 0 Å². The summed E-state index contributed by atoms with van der Waals surface area (Å²) >= 11 is 0. The van der Waals surface area contributed by atoms with Crippen molar-refractivity contribution in [3.8, 4) is 5.75 Å². The Hall–Kier alpha value is -2.68. The van der Waals surface area contributed by atoms with E-state index in [0.29, 0.717) is 26.3 Å². The third-order valence-corrected chi connectivity index (χ3v) is 7.04. The number of aryl methyl sites for hydroxylation is 1. The van der Waals surface area contributed by atoms with Crippen LogP contribution in [-0.4, -0.2) is 52.0 Å². The summed E-state index contributed by atoms with van der Waals surface area (Å²) in [7, 11) is -1.93. The molecule has 0 spiro atoms. The van der Waals surface area contributed by atoms with Crippen LogP contribution in [-0.2, 0) is 19.6 Å². The molecule has 1 aliphatic heterocycles. The van der Waals surface area contributed by atoms with E-state index in [1.165, 1.54) is 10.4 Å². The van der Waals surface area contributed by atoms with Gasteiger partial charge in [0, 0.05) is 24.7 Å². The maximum Gasteiger partial charge on any atom is 0.244 e. The Morgan fingerprint density at radius 2 is 1.84 bits per heavy atom. The van der Waals surface area contributed by atoms with E-state index in [2.05, 4.69) is 5.32 Å². The number of hydrogen-bond acceptors (Lipinski definition) is 5. The zero-order chi connectivity index (χ0) is 22.4. The summed E-state index contributed by atoms with van der Waals surface area (Å²) in [6, 6.07) is 12.1. The second kappa shape index (κ2) is 10.1. The molecule has 1 saturated heterocycles. The lowest BCUT2D eigenvalue weighted by molar-refractivity contribution is -0.117. The Morgan fingerprint density at radius 1 is 1.16 bits per heavy atom. The van der Waals surface area contributed by atoms with Crippen LogP contribution in [0.15, 0.2) is 53.4 Å². The van der Waals surface area contributed by atoms with Crippen LogP contribution in [0.1, 0.15) is 29.7 Å². The SMILES string of the molecule is COc1ccc(C)cc1C(C)NC(=O)/C=C/c1ccc(S(=O)(=O)N2CCOCC2)cc1. The number of amides is 1. The molecule has 3 rings (SSSR count). The largest absolute Gasteiger partial charge is 0.496 e. The number of benzene rings is 2. The summed E-state index contributed by atoms with van der Waals surface area (Å²) in [6.45, 7) is 5.40. The number of carbonyl (C=O) groups is 1. The molecule has 1 N–H and O–H groups in total. The van der Waals surface area contributed by atoms with Gasteiger partial charge in [-0.1, -0.05) is 29.8 Å². The molecular weight excluding hydrogens is 416 g/mol. The Kier molecular flexibility index (Phi) is 7.48. The molecule has 0 aromatic heterocycles. The van der Waals surface area contributed by atoms with E-state index in [-0.39, 0.29) is 16.8 Å². The van der Waals surface area contributed by atoms with E-state index in [9.17, 15) is 13.2 Å². The monoisotopic (exact) mass is 444 g/mol. The molecule has 0 bridgehead atoms. The summed E-state index contributed by atoms with van der Waals surface area (Å²) in [6.07, 6.45) is 3.09. The predicted octanol–water partition coefficient (Wildman–Crippen LogP) is 2.92. The molecule has 8 heteroatoms. The molecule has 1 atom stereocenters. The van der Waals surface area contributed by atoms with Gasteiger partial charge in [-0.05, 0) is 43.7 Å². The van der Waals surface area contributed by atoms with Gasteiger partial charge < -0.3 is 14.8 Å². The highest BCUT2D eigenvalue weighted by molar-refractivity contribution is 7.89. The minimum absolute atomic E-state index is 0.229. The van der Waals surface area contributed by atoms with Crippen molar-refractivity contribution in [3.63, 3.8) is 0 Å². The first-order valence-corrected chi connectivity index (χ1v) is 11.6. The number of morpholine rings is 1. The maximum absolute atomic E-state index is 12.7. The number of nitrogens with one attached hydrogen (secondary N) is 1. The Bertz CT molecular complexity index is 1040. The number of sulfonamides is 1. The van der Waals surface area contributed by atoms with Gasteiger partial charge in [0.1, 0.15) is 5.75 Å². The highest BCUT2D eigenvalue weighted by Crippen LogP contribution is 2.26. The Labute approximate surface area is 183 Å². The van der Waals surface area contributed by atoms with E-state index < -0.39 is 10.0 Å². The minimum atomic E-state index is -3.53. The number of methoxy groups -OCH3 is 1. The van der Waals surface area contributed by atoms with Crippen LogP contribution in [0.25, 0.3) is 6.08 Å². The average molecular weight is 445 g/mol. The molecule has 0 saturated carbocycles. The maximum atomic E-state index is 12.7. The van der Waals surface area contributed by atoms with E-state index in [1.54, 1.807) is 37.5 Å². The van der Waals surface area contributed by atoms with Crippen molar-refractivity contribution >= 4 is 22.0 Å². The average Bonchev–Trinajstić information content (AvgIpc) is 2.78. The molecule has 166 valence electrons. The Balaban J connectivity index is 1.64. The first-order chi connectivity index (χ1) is 14.8. The molecule has 0 aliphatic carbocycles. The number of rotatable bonds is 7. The number of hydrogen-bond donors (Lipinski definition) is 1. The third kappa shape index (κ3) is 5.72. The molecule has 1 unspecified atom stereocenters. The number of ether oxygens (including phenoxy) is 2. The summed E-state index contributed by atoms with van der Waals surface area (Å²) < 4.78 is 37.4. The fourth-order valence-corrected chi connectivity index (χ4v) is 4.80. The first kappa shape index (κ1) is 23.0. The molecule has 2 aromatic carbocycles. The first-order valence-electron chi connectivity index (χ1n) is 10.1. The molecule has 7 nitrogen and oxygen atoms in total. The van der Waals surface area contributed by atoms with E-state index in [4.69, 9.17) is 9.47 Å². The lowest BCUT2D eigenvalue weighted by atomic mass is 10.0. The predicted molar refractivity (Wildman–Crippen MR) is 119 cm³/mol.